The highest BCUT2D eigenvalue weighted by molar-refractivity contribution is 5.77. The van der Waals surface area contributed by atoms with Gasteiger partial charge in [0.15, 0.2) is 6.10 Å². The van der Waals surface area contributed by atoms with E-state index in [9.17, 15) is 9.59 Å². The molecule has 0 saturated carbocycles. The van der Waals surface area contributed by atoms with Crippen LogP contribution >= 0.6 is 0 Å². The van der Waals surface area contributed by atoms with Crippen molar-refractivity contribution in [2.24, 2.45) is 0 Å². The Bertz CT molecular complexity index is 201. The Labute approximate surface area is 90.6 Å². The molecule has 0 fully saturated rings. The largest absolute Gasteiger partial charge is 0.479 e. The Hall–Kier alpha value is -1.06. The van der Waals surface area contributed by atoms with E-state index in [2.05, 4.69) is 6.92 Å². The van der Waals surface area contributed by atoms with E-state index in [0.717, 1.165) is 25.7 Å². The van der Waals surface area contributed by atoms with E-state index in [1.54, 1.807) is 6.92 Å². The Morgan fingerprint density at radius 2 is 1.87 bits per heavy atom. The molecule has 1 unspecified atom stereocenters. The molecule has 15 heavy (non-hydrogen) atoms. The van der Waals surface area contributed by atoms with Crippen LogP contribution in [0.3, 0.4) is 0 Å². The van der Waals surface area contributed by atoms with Crippen LogP contribution in [0.4, 0.5) is 0 Å². The summed E-state index contributed by atoms with van der Waals surface area (Å²) in [5.41, 5.74) is 0. The average molecular weight is 216 g/mol. The van der Waals surface area contributed by atoms with Crippen LogP contribution in [0.5, 0.6) is 0 Å². The maximum absolute atomic E-state index is 10.9. The summed E-state index contributed by atoms with van der Waals surface area (Å²) in [4.78, 5) is 21.7. The lowest BCUT2D eigenvalue weighted by molar-refractivity contribution is -0.164. The number of rotatable bonds is 8. The normalized spacial score (nSPS) is 12.1. The van der Waals surface area contributed by atoms with Crippen LogP contribution in [0.15, 0.2) is 0 Å². The van der Waals surface area contributed by atoms with Crippen LogP contribution in [0, 0.1) is 0 Å². The lowest BCUT2D eigenvalue weighted by atomic mass is 10.1. The summed E-state index contributed by atoms with van der Waals surface area (Å²) in [6.45, 7) is 3.74. The Morgan fingerprint density at radius 3 is 2.33 bits per heavy atom. The molecule has 0 aliphatic rings. The topological polar surface area (TPSA) is 63.6 Å². The standard InChI is InChI=1S/C11H20O4/c1-3-5-6-7-8-9(11(13)14)15-10(12)4-2/h9H,3-8H2,1-2H3,(H,13,14). The van der Waals surface area contributed by atoms with Gasteiger partial charge in [-0.2, -0.15) is 0 Å². The van der Waals surface area contributed by atoms with Crippen molar-refractivity contribution in [3.05, 3.63) is 0 Å². The van der Waals surface area contributed by atoms with Gasteiger partial charge in [-0.25, -0.2) is 4.79 Å². The fraction of sp³-hybridized carbons (Fsp3) is 0.818. The van der Waals surface area contributed by atoms with Crippen molar-refractivity contribution in [2.75, 3.05) is 0 Å². The minimum atomic E-state index is -1.05. The summed E-state index contributed by atoms with van der Waals surface area (Å²) >= 11 is 0. The molecule has 1 atom stereocenters. The third-order valence-electron chi connectivity index (χ3n) is 2.16. The second-order valence-electron chi connectivity index (χ2n) is 3.52. The van der Waals surface area contributed by atoms with Gasteiger partial charge in [0.25, 0.3) is 0 Å². The Kier molecular flexibility index (Phi) is 7.68. The number of hydrogen-bond donors (Lipinski definition) is 1. The molecule has 0 bridgehead atoms. The molecule has 0 radical (unpaired) electrons. The van der Waals surface area contributed by atoms with Gasteiger partial charge in [-0.15, -0.1) is 0 Å². The Morgan fingerprint density at radius 1 is 1.20 bits per heavy atom. The highest BCUT2D eigenvalue weighted by Crippen LogP contribution is 2.09. The molecule has 4 nitrogen and oxygen atoms in total. The lowest BCUT2D eigenvalue weighted by Gasteiger charge is -2.12. The number of aliphatic carboxylic acids is 1. The zero-order chi connectivity index (χ0) is 11.7. The average Bonchev–Trinajstić information content (AvgIpc) is 2.21. The molecule has 4 heteroatoms. The van der Waals surface area contributed by atoms with Gasteiger partial charge >= 0.3 is 11.9 Å². The van der Waals surface area contributed by atoms with Gasteiger partial charge in [-0.1, -0.05) is 33.1 Å². The van der Waals surface area contributed by atoms with Crippen LogP contribution < -0.4 is 0 Å². The van der Waals surface area contributed by atoms with E-state index >= 15 is 0 Å². The number of unbranched alkanes of at least 4 members (excludes halogenated alkanes) is 3. The minimum absolute atomic E-state index is 0.221. The summed E-state index contributed by atoms with van der Waals surface area (Å²) in [7, 11) is 0. The second-order valence-corrected chi connectivity index (χ2v) is 3.52. The molecule has 0 aromatic rings. The van der Waals surface area contributed by atoms with Crippen molar-refractivity contribution < 1.29 is 19.4 Å². The first-order valence-electron chi connectivity index (χ1n) is 5.54. The molecule has 0 amide bonds. The molecule has 0 aliphatic carbocycles. The van der Waals surface area contributed by atoms with E-state index in [1.165, 1.54) is 0 Å². The van der Waals surface area contributed by atoms with Crippen molar-refractivity contribution in [2.45, 2.75) is 58.5 Å². The molecule has 0 rings (SSSR count). The van der Waals surface area contributed by atoms with Crippen molar-refractivity contribution in [3.63, 3.8) is 0 Å². The summed E-state index contributed by atoms with van der Waals surface area (Å²) in [6, 6.07) is 0. The zero-order valence-electron chi connectivity index (χ0n) is 9.49. The molecule has 0 spiro atoms. The summed E-state index contributed by atoms with van der Waals surface area (Å²) in [5, 5.41) is 8.80. The predicted octanol–water partition coefficient (Wildman–Crippen LogP) is 2.36. The number of carboxylic acid groups (broad SMARTS) is 1. The van der Waals surface area contributed by atoms with E-state index in [0.29, 0.717) is 6.42 Å². The molecular formula is C11H20O4. The monoisotopic (exact) mass is 216 g/mol. The molecule has 88 valence electrons. The molecule has 1 N–H and O–H groups in total. The second kappa shape index (κ2) is 8.26. The minimum Gasteiger partial charge on any atom is -0.479 e. The predicted molar refractivity (Wildman–Crippen MR) is 56.6 cm³/mol. The first-order chi connectivity index (χ1) is 7.11. The lowest BCUT2D eigenvalue weighted by Crippen LogP contribution is -2.26. The van der Waals surface area contributed by atoms with Crippen LogP contribution in [-0.2, 0) is 14.3 Å². The number of hydrogen-bond acceptors (Lipinski definition) is 3. The molecule has 0 aromatic carbocycles. The third-order valence-corrected chi connectivity index (χ3v) is 2.16. The first-order valence-corrected chi connectivity index (χ1v) is 5.54. The van der Waals surface area contributed by atoms with Crippen LogP contribution in [0.1, 0.15) is 52.4 Å². The Balaban J connectivity index is 3.84. The molecule has 0 heterocycles. The first kappa shape index (κ1) is 13.9. The van der Waals surface area contributed by atoms with Crippen LogP contribution in [0.25, 0.3) is 0 Å². The van der Waals surface area contributed by atoms with E-state index in [4.69, 9.17) is 9.84 Å². The van der Waals surface area contributed by atoms with Gasteiger partial charge in [0, 0.05) is 6.42 Å². The van der Waals surface area contributed by atoms with Gasteiger partial charge in [0.05, 0.1) is 0 Å². The van der Waals surface area contributed by atoms with Crippen molar-refractivity contribution >= 4 is 11.9 Å². The fourth-order valence-corrected chi connectivity index (χ4v) is 1.23. The van der Waals surface area contributed by atoms with Crippen molar-refractivity contribution in [3.8, 4) is 0 Å². The van der Waals surface area contributed by atoms with Crippen molar-refractivity contribution in [1.82, 2.24) is 0 Å². The van der Waals surface area contributed by atoms with E-state index < -0.39 is 18.0 Å². The summed E-state index contributed by atoms with van der Waals surface area (Å²) < 4.78 is 4.80. The number of carbonyl (C=O) groups is 2. The molecule has 0 saturated heterocycles. The van der Waals surface area contributed by atoms with E-state index in [-0.39, 0.29) is 6.42 Å². The van der Waals surface area contributed by atoms with Gasteiger partial charge in [0.2, 0.25) is 0 Å². The third kappa shape index (κ3) is 6.94. The molecule has 0 aliphatic heterocycles. The molecular weight excluding hydrogens is 196 g/mol. The maximum atomic E-state index is 10.9. The van der Waals surface area contributed by atoms with Gasteiger partial charge < -0.3 is 9.84 Å². The zero-order valence-corrected chi connectivity index (χ0v) is 9.49. The maximum Gasteiger partial charge on any atom is 0.345 e. The van der Waals surface area contributed by atoms with Crippen LogP contribution in [0.2, 0.25) is 0 Å². The quantitative estimate of drug-likeness (QED) is 0.499. The van der Waals surface area contributed by atoms with E-state index in [1.807, 2.05) is 0 Å². The highest BCUT2D eigenvalue weighted by atomic mass is 16.6. The number of carbonyl (C=O) groups excluding carboxylic acids is 1. The molecule has 0 aromatic heterocycles. The number of esters is 1. The SMILES string of the molecule is CCCCCCC(OC(=O)CC)C(=O)O. The summed E-state index contributed by atoms with van der Waals surface area (Å²) in [5.74, 6) is -1.49. The summed E-state index contributed by atoms with van der Waals surface area (Å²) in [6.07, 6.45) is 3.65. The van der Waals surface area contributed by atoms with Crippen LogP contribution in [-0.4, -0.2) is 23.1 Å². The van der Waals surface area contributed by atoms with Crippen molar-refractivity contribution in [1.29, 1.82) is 0 Å². The van der Waals surface area contributed by atoms with Gasteiger partial charge in [0.1, 0.15) is 0 Å². The number of ether oxygens (including phenoxy) is 1. The fourth-order valence-electron chi connectivity index (χ4n) is 1.23. The highest BCUT2D eigenvalue weighted by Gasteiger charge is 2.20. The smallest absolute Gasteiger partial charge is 0.345 e. The van der Waals surface area contributed by atoms with Gasteiger partial charge in [-0.05, 0) is 12.8 Å². The van der Waals surface area contributed by atoms with Gasteiger partial charge in [-0.3, -0.25) is 4.79 Å². The number of carboxylic acids is 1.